The number of hydrogen-bond acceptors (Lipinski definition) is 2. The molecule has 0 saturated carbocycles. The maximum absolute atomic E-state index is 12.9. The zero-order valence-corrected chi connectivity index (χ0v) is 13.2. The SMILES string of the molecule is CC(C)NCCCNCc1ccc(Br)cc1C(F)(F)F. The van der Waals surface area contributed by atoms with E-state index < -0.39 is 11.7 Å². The van der Waals surface area contributed by atoms with Crippen LogP contribution in [0.5, 0.6) is 0 Å². The van der Waals surface area contributed by atoms with Crippen LogP contribution in [0.2, 0.25) is 0 Å². The van der Waals surface area contributed by atoms with Gasteiger partial charge in [-0.25, -0.2) is 0 Å². The highest BCUT2D eigenvalue weighted by atomic mass is 79.9. The van der Waals surface area contributed by atoms with Crippen molar-refractivity contribution in [1.82, 2.24) is 10.6 Å². The number of nitrogens with one attached hydrogen (secondary N) is 2. The summed E-state index contributed by atoms with van der Waals surface area (Å²) in [7, 11) is 0. The summed E-state index contributed by atoms with van der Waals surface area (Å²) >= 11 is 3.08. The third-order valence-electron chi connectivity index (χ3n) is 2.78. The van der Waals surface area contributed by atoms with E-state index in [1.807, 2.05) is 0 Å². The maximum atomic E-state index is 12.9. The van der Waals surface area contributed by atoms with Crippen molar-refractivity contribution in [2.45, 2.75) is 39.0 Å². The summed E-state index contributed by atoms with van der Waals surface area (Å²) in [6.45, 7) is 5.89. The van der Waals surface area contributed by atoms with Crippen LogP contribution in [0.15, 0.2) is 22.7 Å². The van der Waals surface area contributed by atoms with E-state index in [4.69, 9.17) is 0 Å². The van der Waals surface area contributed by atoms with Gasteiger partial charge in [-0.2, -0.15) is 13.2 Å². The van der Waals surface area contributed by atoms with Crippen molar-refractivity contribution >= 4 is 15.9 Å². The molecule has 114 valence electrons. The van der Waals surface area contributed by atoms with Gasteiger partial charge in [0, 0.05) is 17.1 Å². The Hall–Kier alpha value is -0.590. The van der Waals surface area contributed by atoms with Gasteiger partial charge >= 0.3 is 6.18 Å². The molecule has 1 aromatic rings. The van der Waals surface area contributed by atoms with E-state index in [-0.39, 0.29) is 12.1 Å². The number of benzene rings is 1. The van der Waals surface area contributed by atoms with Gasteiger partial charge < -0.3 is 10.6 Å². The third-order valence-corrected chi connectivity index (χ3v) is 3.27. The zero-order chi connectivity index (χ0) is 15.2. The lowest BCUT2D eigenvalue weighted by Crippen LogP contribution is -2.27. The molecule has 0 unspecified atom stereocenters. The predicted molar refractivity (Wildman–Crippen MR) is 78.6 cm³/mol. The van der Waals surface area contributed by atoms with E-state index in [9.17, 15) is 13.2 Å². The topological polar surface area (TPSA) is 24.1 Å². The minimum atomic E-state index is -4.32. The van der Waals surface area contributed by atoms with Gasteiger partial charge in [0.2, 0.25) is 0 Å². The normalized spacial score (nSPS) is 12.2. The molecule has 0 aliphatic carbocycles. The van der Waals surface area contributed by atoms with E-state index in [2.05, 4.69) is 40.4 Å². The van der Waals surface area contributed by atoms with Crippen LogP contribution < -0.4 is 10.6 Å². The van der Waals surface area contributed by atoms with Gasteiger partial charge in [-0.1, -0.05) is 35.8 Å². The quantitative estimate of drug-likeness (QED) is 0.726. The molecular formula is C14H20BrF3N2. The molecule has 0 aromatic heterocycles. The van der Waals surface area contributed by atoms with Gasteiger partial charge in [-0.05, 0) is 37.2 Å². The fourth-order valence-corrected chi connectivity index (χ4v) is 2.15. The summed E-state index contributed by atoms with van der Waals surface area (Å²) in [5.41, 5.74) is -0.308. The molecule has 0 radical (unpaired) electrons. The van der Waals surface area contributed by atoms with Crippen molar-refractivity contribution < 1.29 is 13.2 Å². The number of alkyl halides is 3. The molecule has 0 aliphatic rings. The first-order chi connectivity index (χ1) is 9.30. The molecule has 0 bridgehead atoms. The Bertz CT molecular complexity index is 419. The van der Waals surface area contributed by atoms with Gasteiger partial charge in [-0.15, -0.1) is 0 Å². The molecule has 0 fully saturated rings. The highest BCUT2D eigenvalue weighted by Crippen LogP contribution is 2.33. The Labute approximate surface area is 126 Å². The second-order valence-electron chi connectivity index (χ2n) is 4.94. The highest BCUT2D eigenvalue weighted by molar-refractivity contribution is 9.10. The zero-order valence-electron chi connectivity index (χ0n) is 11.6. The fraction of sp³-hybridized carbons (Fsp3) is 0.571. The van der Waals surface area contributed by atoms with Gasteiger partial charge in [-0.3, -0.25) is 0 Å². The fourth-order valence-electron chi connectivity index (χ4n) is 1.79. The average molecular weight is 353 g/mol. The van der Waals surface area contributed by atoms with Crippen molar-refractivity contribution in [3.05, 3.63) is 33.8 Å². The van der Waals surface area contributed by atoms with Crippen molar-refractivity contribution in [2.24, 2.45) is 0 Å². The molecule has 0 atom stereocenters. The monoisotopic (exact) mass is 352 g/mol. The van der Waals surface area contributed by atoms with Crippen LogP contribution in [-0.4, -0.2) is 19.1 Å². The molecule has 6 heteroatoms. The second-order valence-corrected chi connectivity index (χ2v) is 5.85. The van der Waals surface area contributed by atoms with Crippen molar-refractivity contribution in [3.8, 4) is 0 Å². The van der Waals surface area contributed by atoms with E-state index in [1.165, 1.54) is 6.07 Å². The number of halogens is 4. The van der Waals surface area contributed by atoms with Crippen LogP contribution in [0.3, 0.4) is 0 Å². The van der Waals surface area contributed by atoms with Gasteiger partial charge in [0.1, 0.15) is 0 Å². The van der Waals surface area contributed by atoms with Gasteiger partial charge in [0.05, 0.1) is 5.56 Å². The summed E-state index contributed by atoms with van der Waals surface area (Å²) in [6.07, 6.45) is -3.43. The molecule has 0 saturated heterocycles. The molecule has 0 spiro atoms. The molecule has 2 N–H and O–H groups in total. The molecule has 1 rings (SSSR count). The molecule has 0 heterocycles. The van der Waals surface area contributed by atoms with Crippen LogP contribution in [-0.2, 0) is 12.7 Å². The van der Waals surface area contributed by atoms with E-state index >= 15 is 0 Å². The van der Waals surface area contributed by atoms with Crippen LogP contribution in [0, 0.1) is 0 Å². The summed E-state index contributed by atoms with van der Waals surface area (Å²) in [5, 5.41) is 6.31. The number of hydrogen-bond donors (Lipinski definition) is 2. The van der Waals surface area contributed by atoms with Crippen molar-refractivity contribution in [1.29, 1.82) is 0 Å². The van der Waals surface area contributed by atoms with Crippen LogP contribution in [0.1, 0.15) is 31.4 Å². The lowest BCUT2D eigenvalue weighted by molar-refractivity contribution is -0.138. The second kappa shape index (κ2) is 8.00. The lowest BCUT2D eigenvalue weighted by atomic mass is 10.1. The minimum absolute atomic E-state index is 0.226. The van der Waals surface area contributed by atoms with Crippen molar-refractivity contribution in [2.75, 3.05) is 13.1 Å². The molecule has 20 heavy (non-hydrogen) atoms. The largest absolute Gasteiger partial charge is 0.416 e. The summed E-state index contributed by atoms with van der Waals surface area (Å²) in [4.78, 5) is 0. The summed E-state index contributed by atoms with van der Waals surface area (Å²) in [5.74, 6) is 0. The first-order valence-electron chi connectivity index (χ1n) is 6.60. The molecule has 0 amide bonds. The Morgan fingerprint density at radius 1 is 1.20 bits per heavy atom. The van der Waals surface area contributed by atoms with E-state index in [0.717, 1.165) is 19.0 Å². The van der Waals surface area contributed by atoms with Crippen LogP contribution in [0.25, 0.3) is 0 Å². The van der Waals surface area contributed by atoms with E-state index in [1.54, 1.807) is 6.07 Å². The van der Waals surface area contributed by atoms with E-state index in [0.29, 0.717) is 17.1 Å². The standard InChI is InChI=1S/C14H20BrF3N2/c1-10(2)20-7-3-6-19-9-11-4-5-12(15)8-13(11)14(16,17)18/h4-5,8,10,19-20H,3,6-7,9H2,1-2H3. The Morgan fingerprint density at radius 3 is 2.50 bits per heavy atom. The molecular weight excluding hydrogens is 333 g/mol. The highest BCUT2D eigenvalue weighted by Gasteiger charge is 2.33. The summed E-state index contributed by atoms with van der Waals surface area (Å²) < 4.78 is 39.1. The average Bonchev–Trinajstić information content (AvgIpc) is 2.33. The van der Waals surface area contributed by atoms with Crippen LogP contribution >= 0.6 is 15.9 Å². The van der Waals surface area contributed by atoms with Gasteiger partial charge in [0.25, 0.3) is 0 Å². The Kier molecular flexibility index (Phi) is 6.99. The van der Waals surface area contributed by atoms with Crippen molar-refractivity contribution in [3.63, 3.8) is 0 Å². The van der Waals surface area contributed by atoms with Crippen LogP contribution in [0.4, 0.5) is 13.2 Å². The Balaban J connectivity index is 2.48. The predicted octanol–water partition coefficient (Wildman–Crippen LogP) is 3.95. The first-order valence-corrected chi connectivity index (χ1v) is 7.39. The summed E-state index contributed by atoms with van der Waals surface area (Å²) in [6, 6.07) is 4.69. The molecule has 1 aromatic carbocycles. The third kappa shape index (κ3) is 6.24. The Morgan fingerprint density at radius 2 is 1.90 bits per heavy atom. The number of rotatable bonds is 7. The molecule has 0 aliphatic heterocycles. The smallest absolute Gasteiger partial charge is 0.314 e. The molecule has 2 nitrogen and oxygen atoms in total. The first kappa shape index (κ1) is 17.5. The van der Waals surface area contributed by atoms with Gasteiger partial charge in [0.15, 0.2) is 0 Å². The lowest BCUT2D eigenvalue weighted by Gasteiger charge is -2.14. The minimum Gasteiger partial charge on any atom is -0.314 e. The maximum Gasteiger partial charge on any atom is 0.416 e.